The van der Waals surface area contributed by atoms with Crippen molar-refractivity contribution in [3.63, 3.8) is 0 Å². The number of hydrogen-bond donors (Lipinski definition) is 2. The van der Waals surface area contributed by atoms with E-state index in [1.54, 1.807) is 36.7 Å². The van der Waals surface area contributed by atoms with Crippen molar-refractivity contribution in [2.45, 2.75) is 111 Å². The van der Waals surface area contributed by atoms with Gasteiger partial charge in [-0.1, -0.05) is 40.9 Å². The zero-order valence-electron chi connectivity index (χ0n) is 44.5. The summed E-state index contributed by atoms with van der Waals surface area (Å²) in [5, 5.41) is 20.8. The summed E-state index contributed by atoms with van der Waals surface area (Å²) in [6.07, 6.45) is 9.63. The number of benzene rings is 2. The van der Waals surface area contributed by atoms with E-state index in [2.05, 4.69) is 42.5 Å². The van der Waals surface area contributed by atoms with E-state index in [-0.39, 0.29) is 51.7 Å². The second-order valence-electron chi connectivity index (χ2n) is 20.2. The smallest absolute Gasteiger partial charge is 1.00 e. The Hall–Kier alpha value is -7.25. The number of aromatic nitrogens is 10. The normalized spacial score (nSPS) is 13.8. The average molecular weight is 1110 g/mol. The number of aryl methyl sites for hydroxylation is 6. The van der Waals surface area contributed by atoms with Crippen LogP contribution in [0.3, 0.4) is 0 Å². The van der Waals surface area contributed by atoms with Crippen LogP contribution in [0.1, 0.15) is 137 Å². The largest absolute Gasteiger partial charge is 2.00 e. The van der Waals surface area contributed by atoms with Crippen molar-refractivity contribution < 1.29 is 45.5 Å². The number of ether oxygens (including phenoxy) is 1. The minimum atomic E-state index is -1.61. The van der Waals surface area contributed by atoms with Crippen molar-refractivity contribution in [1.82, 2.24) is 49.8 Å². The van der Waals surface area contributed by atoms with E-state index in [0.29, 0.717) is 68.0 Å². The number of fused-ring (bicyclic) bond motifs is 2. The minimum Gasteiger partial charge on any atom is -1.00 e. The zero-order valence-corrected chi connectivity index (χ0v) is 47.5. The molecule has 2 fully saturated rings. The van der Waals surface area contributed by atoms with Gasteiger partial charge in [0, 0.05) is 46.1 Å². The number of nitrogens with zero attached hydrogens (tertiary/aromatic N) is 9. The van der Waals surface area contributed by atoms with Gasteiger partial charge in [-0.05, 0) is 160 Å². The summed E-state index contributed by atoms with van der Waals surface area (Å²) in [4.78, 5) is 57.8. The summed E-state index contributed by atoms with van der Waals surface area (Å²) >= 11 is 0. The Morgan fingerprint density at radius 3 is 1.88 bits per heavy atom. The van der Waals surface area contributed by atoms with Gasteiger partial charge in [0.1, 0.15) is 40.0 Å². The topological polar surface area (TPSA) is 214 Å². The molecule has 8 heterocycles. The number of H-pyrrole nitrogens is 1. The monoisotopic (exact) mass is 1100 g/mol. The molecule has 0 radical (unpaired) electrons. The molecule has 0 spiro atoms. The van der Waals surface area contributed by atoms with E-state index in [0.717, 1.165) is 82.1 Å². The molecular formula is C59H57BrMgN10O6. The van der Waals surface area contributed by atoms with E-state index in [4.69, 9.17) is 28.7 Å². The third-order valence-electron chi connectivity index (χ3n) is 13.1. The van der Waals surface area contributed by atoms with Gasteiger partial charge in [0.2, 0.25) is 5.78 Å². The molecular weight excluding hydrogens is 1050 g/mol. The fourth-order valence-corrected chi connectivity index (χ4v) is 9.34. The van der Waals surface area contributed by atoms with Gasteiger partial charge in [-0.25, -0.2) is 24.3 Å². The number of carbonyl (C=O) groups excluding carboxylic acids is 2. The molecule has 2 aromatic carbocycles. The van der Waals surface area contributed by atoms with Gasteiger partial charge in [-0.15, -0.1) is 0 Å². The molecule has 388 valence electrons. The van der Waals surface area contributed by atoms with Gasteiger partial charge in [-0.2, -0.15) is 18.2 Å². The molecule has 0 aliphatic heterocycles. The predicted molar refractivity (Wildman–Crippen MR) is 288 cm³/mol. The summed E-state index contributed by atoms with van der Waals surface area (Å²) in [5.74, 6) is 3.24. The molecule has 0 saturated heterocycles. The molecule has 12 rings (SSSR count). The third kappa shape index (κ3) is 11.7. The fraction of sp³-hybridized carbons (Fsp3) is 0.288. The third-order valence-corrected chi connectivity index (χ3v) is 13.1. The van der Waals surface area contributed by atoms with Crippen LogP contribution in [-0.4, -0.2) is 95.4 Å². The second-order valence-corrected chi connectivity index (χ2v) is 20.2. The van der Waals surface area contributed by atoms with Crippen molar-refractivity contribution in [2.75, 3.05) is 0 Å². The van der Waals surface area contributed by atoms with Gasteiger partial charge in [0.05, 0.1) is 44.9 Å². The minimum absolute atomic E-state index is 0. The Kier molecular flexibility index (Phi) is 16.5. The maximum Gasteiger partial charge on any atom is 2.00 e. The molecule has 1 unspecified atom stereocenters. The van der Waals surface area contributed by atoms with E-state index in [1.807, 2.05) is 129 Å². The SMILES string of the molecule is Cc1cccc(C(=O)c2cc(-c3c(C)noc3C)cc3c2nc(C2CC2)n3C(=O)OC(C)(C)C)n1.Cc1cccc(C(O)(c2ccccn2)c2cc(-c3c(C)noc3C)cc3[nH]c(C4CC4)nc23)n1.[Br-].[Mg+2].[c-]1ccccn1. The molecule has 2 aliphatic rings. The molecule has 0 bridgehead atoms. The van der Waals surface area contributed by atoms with E-state index in [1.165, 1.54) is 4.57 Å². The molecule has 77 heavy (non-hydrogen) atoms. The number of imidazole rings is 2. The molecule has 0 amide bonds. The van der Waals surface area contributed by atoms with Crippen LogP contribution < -0.4 is 17.0 Å². The number of halogens is 1. The second kappa shape index (κ2) is 22.8. The Morgan fingerprint density at radius 1 is 0.714 bits per heavy atom. The van der Waals surface area contributed by atoms with Crippen LogP contribution in [0.2, 0.25) is 0 Å². The fourth-order valence-electron chi connectivity index (χ4n) is 9.34. The Balaban J connectivity index is 0.000000179. The summed E-state index contributed by atoms with van der Waals surface area (Å²) < 4.78 is 18.1. The first-order valence-corrected chi connectivity index (χ1v) is 25.0. The first-order valence-electron chi connectivity index (χ1n) is 25.0. The van der Waals surface area contributed by atoms with Crippen molar-refractivity contribution >= 4 is 57.0 Å². The van der Waals surface area contributed by atoms with Crippen molar-refractivity contribution in [3.8, 4) is 22.3 Å². The maximum atomic E-state index is 13.7. The molecule has 1 atom stereocenters. The molecule has 18 heteroatoms. The van der Waals surface area contributed by atoms with Gasteiger partial charge in [0.25, 0.3) is 0 Å². The molecule has 16 nitrogen and oxygen atoms in total. The van der Waals surface area contributed by atoms with Crippen molar-refractivity contribution in [3.05, 3.63) is 190 Å². The number of nitrogens with one attached hydrogen (secondary N) is 1. The zero-order chi connectivity index (χ0) is 52.8. The number of carbonyl (C=O) groups is 2. The number of hydrogen-bond acceptors (Lipinski definition) is 14. The molecule has 2 N–H and O–H groups in total. The Bertz CT molecular complexity index is 3680. The van der Waals surface area contributed by atoms with Crippen LogP contribution in [0, 0.1) is 47.7 Å². The summed E-state index contributed by atoms with van der Waals surface area (Å²) in [5.41, 5.74) is 8.91. The molecule has 2 saturated carbocycles. The van der Waals surface area contributed by atoms with Crippen LogP contribution >= 0.6 is 0 Å². The van der Waals surface area contributed by atoms with Crippen molar-refractivity contribution in [1.29, 1.82) is 0 Å². The molecule has 8 aromatic heterocycles. The number of aromatic amines is 1. The molecule has 2 aliphatic carbocycles. The standard InChI is InChI=1S/C27H25N5O2.C27H28N4O4.C5H4N.BrH.Mg/c1-15-7-6-9-23(29-15)27(33,22-8-4-5-12-28-22)20-13-19(24-16(2)32-34-17(24)3)14-21-25(20)31-26(30-21)18-10-11-18;1-14-8-7-9-20(28-14)24(32)19-12-18(22-15(2)30-35-16(22)3)13-21-23(19)29-25(17-10-11-17)31(21)26(33)34-27(4,5)6;1-2-4-6-5-3-1;;/h4-9,12-14,18,33H,10-11H2,1-3H3,(H,30,31);7-9,12-13,17H,10-11H2,1-6H3;1-4H;1H;/q;;-1;;+2/p-1. The van der Waals surface area contributed by atoms with Crippen LogP contribution in [-0.2, 0) is 10.3 Å². The van der Waals surface area contributed by atoms with Gasteiger partial charge in [0.15, 0.2) is 5.60 Å². The maximum absolute atomic E-state index is 13.7. The molecule has 10 aromatic rings. The van der Waals surface area contributed by atoms with Crippen LogP contribution in [0.25, 0.3) is 44.3 Å². The first kappa shape index (κ1) is 56.0. The van der Waals surface area contributed by atoms with E-state index < -0.39 is 17.3 Å². The van der Waals surface area contributed by atoms with Crippen LogP contribution in [0.5, 0.6) is 0 Å². The predicted octanol–water partition coefficient (Wildman–Crippen LogP) is 8.50. The number of aliphatic hydroxyl groups is 1. The average Bonchev–Trinajstić information content (AvgIpc) is 4.33. The van der Waals surface area contributed by atoms with Gasteiger partial charge in [-0.3, -0.25) is 14.8 Å². The first-order chi connectivity index (χ1) is 36.0. The van der Waals surface area contributed by atoms with E-state index in [9.17, 15) is 14.7 Å². The summed E-state index contributed by atoms with van der Waals surface area (Å²) in [6.45, 7) is 16.7. The van der Waals surface area contributed by atoms with Crippen LogP contribution in [0.4, 0.5) is 4.79 Å². The number of pyridine rings is 4. The van der Waals surface area contributed by atoms with Gasteiger partial charge < -0.3 is 45.8 Å². The quantitative estimate of drug-likeness (QED) is 0.0788. The summed E-state index contributed by atoms with van der Waals surface area (Å²) in [6, 6.07) is 29.7. The summed E-state index contributed by atoms with van der Waals surface area (Å²) in [7, 11) is 0. The van der Waals surface area contributed by atoms with Gasteiger partial charge >= 0.3 is 29.1 Å². The van der Waals surface area contributed by atoms with Crippen LogP contribution in [0.15, 0.2) is 119 Å². The number of ketones is 1. The Labute approximate surface area is 472 Å². The Morgan fingerprint density at radius 2 is 1.35 bits per heavy atom. The number of rotatable bonds is 9. The van der Waals surface area contributed by atoms with Crippen molar-refractivity contribution in [2.24, 2.45) is 0 Å². The van der Waals surface area contributed by atoms with E-state index >= 15 is 0 Å².